The largest absolute Gasteiger partial charge is 0.481 e. The smallest absolute Gasteiger partial charge is 0.305 e. The van der Waals surface area contributed by atoms with Crippen LogP contribution in [0.4, 0.5) is 10.2 Å². The molecule has 8 heteroatoms. The van der Waals surface area contributed by atoms with Gasteiger partial charge in [-0.3, -0.25) is 9.59 Å². The number of carboxylic acid groups (broad SMARTS) is 1. The molecule has 4 N–H and O–H groups in total. The summed E-state index contributed by atoms with van der Waals surface area (Å²) in [5, 5.41) is 15.6. The van der Waals surface area contributed by atoms with E-state index in [1.54, 1.807) is 18.2 Å². The van der Waals surface area contributed by atoms with E-state index in [0.29, 0.717) is 17.3 Å². The highest BCUT2D eigenvalue weighted by atomic mass is 19.1. The first-order chi connectivity index (χ1) is 15.5. The van der Waals surface area contributed by atoms with Gasteiger partial charge in [0.15, 0.2) is 0 Å². The number of carbonyl (C=O) groups excluding carboxylic acids is 1. The maximum Gasteiger partial charge on any atom is 0.305 e. The summed E-state index contributed by atoms with van der Waals surface area (Å²) in [5.74, 6) is -0.512. The van der Waals surface area contributed by atoms with Gasteiger partial charge < -0.3 is 20.7 Å². The van der Waals surface area contributed by atoms with Crippen LogP contribution in [0.15, 0.2) is 42.6 Å². The predicted octanol–water partition coefficient (Wildman–Crippen LogP) is 4.64. The van der Waals surface area contributed by atoms with Crippen LogP contribution in [0.25, 0.3) is 10.9 Å². The van der Waals surface area contributed by atoms with E-state index in [4.69, 9.17) is 5.11 Å². The van der Waals surface area contributed by atoms with Crippen LogP contribution < -0.4 is 10.6 Å². The summed E-state index contributed by atoms with van der Waals surface area (Å²) in [6.45, 7) is 0.0684. The number of halogens is 1. The lowest BCUT2D eigenvalue weighted by atomic mass is 9.82. The number of carbonyl (C=O) groups is 2. The van der Waals surface area contributed by atoms with Gasteiger partial charge in [-0.1, -0.05) is 19.3 Å². The van der Waals surface area contributed by atoms with E-state index in [1.165, 1.54) is 37.6 Å². The molecule has 1 amide bonds. The van der Waals surface area contributed by atoms with Crippen molar-refractivity contribution in [2.24, 2.45) is 5.92 Å². The van der Waals surface area contributed by atoms with Crippen molar-refractivity contribution in [2.45, 2.75) is 44.6 Å². The minimum Gasteiger partial charge on any atom is -0.481 e. The summed E-state index contributed by atoms with van der Waals surface area (Å²) >= 11 is 0. The van der Waals surface area contributed by atoms with Crippen molar-refractivity contribution >= 4 is 28.6 Å². The number of aliphatic carboxylic acids is 1. The molecule has 0 radical (unpaired) electrons. The summed E-state index contributed by atoms with van der Waals surface area (Å²) < 4.78 is 13.7. The highest BCUT2D eigenvalue weighted by Gasteiger charge is 2.27. The number of hydrogen-bond donors (Lipinski definition) is 4. The summed E-state index contributed by atoms with van der Waals surface area (Å²) in [6.07, 6.45) is 7.16. The lowest BCUT2D eigenvalue weighted by molar-refractivity contribution is -0.136. The first-order valence-corrected chi connectivity index (χ1v) is 11.0. The third-order valence-electron chi connectivity index (χ3n) is 6.01. The van der Waals surface area contributed by atoms with Crippen LogP contribution in [0.2, 0.25) is 0 Å². The van der Waals surface area contributed by atoms with Gasteiger partial charge in [-0.05, 0) is 55.2 Å². The zero-order valence-corrected chi connectivity index (χ0v) is 17.7. The first-order valence-electron chi connectivity index (χ1n) is 11.0. The number of aromatic nitrogens is 2. The highest BCUT2D eigenvalue weighted by molar-refractivity contribution is 5.94. The molecule has 32 heavy (non-hydrogen) atoms. The molecule has 7 nitrogen and oxygen atoms in total. The third-order valence-corrected chi connectivity index (χ3v) is 6.01. The fourth-order valence-electron chi connectivity index (χ4n) is 4.37. The molecule has 0 bridgehead atoms. The van der Waals surface area contributed by atoms with E-state index in [0.717, 1.165) is 29.4 Å². The molecule has 1 atom stereocenters. The van der Waals surface area contributed by atoms with E-state index in [2.05, 4.69) is 20.6 Å². The summed E-state index contributed by atoms with van der Waals surface area (Å²) in [7, 11) is 0. The van der Waals surface area contributed by atoms with Gasteiger partial charge in [-0.15, -0.1) is 0 Å². The van der Waals surface area contributed by atoms with E-state index in [-0.39, 0.29) is 30.7 Å². The Balaban J connectivity index is 1.51. The summed E-state index contributed by atoms with van der Waals surface area (Å²) in [4.78, 5) is 30.6. The Morgan fingerprint density at radius 3 is 2.69 bits per heavy atom. The molecule has 1 aliphatic carbocycles. The summed E-state index contributed by atoms with van der Waals surface area (Å²) in [5.41, 5.74) is 2.26. The van der Waals surface area contributed by atoms with Crippen LogP contribution in [-0.2, 0) is 4.79 Å². The normalized spacial score (nSPS) is 15.4. The van der Waals surface area contributed by atoms with Crippen LogP contribution in [0, 0.1) is 11.7 Å². The van der Waals surface area contributed by atoms with Gasteiger partial charge in [0.1, 0.15) is 11.6 Å². The number of pyridine rings is 1. The zero-order chi connectivity index (χ0) is 22.5. The minimum absolute atomic E-state index is 0.00601. The fraction of sp³-hybridized carbons (Fsp3) is 0.375. The molecule has 2 heterocycles. The highest BCUT2D eigenvalue weighted by Crippen LogP contribution is 2.37. The standard InChI is InChI=1S/C24H27FN4O3/c25-18-7-8-19-17(12-18)13-20(28-19)23(15-4-2-1-3-5-15)29-21-9-6-16(14-27-21)24(32)26-11-10-22(30)31/h6-9,12-15,23,28H,1-5,10-11H2,(H,26,32)(H,27,29)(H,30,31). The number of nitrogens with zero attached hydrogens (tertiary/aromatic N) is 1. The molecule has 4 rings (SSSR count). The molecule has 1 saturated carbocycles. The monoisotopic (exact) mass is 438 g/mol. The number of aromatic amines is 1. The average Bonchev–Trinajstić information content (AvgIpc) is 3.21. The quantitative estimate of drug-likeness (QED) is 0.410. The Hall–Kier alpha value is -3.42. The molecule has 0 aliphatic heterocycles. The molecule has 1 unspecified atom stereocenters. The molecule has 1 aliphatic rings. The predicted molar refractivity (Wildman–Crippen MR) is 120 cm³/mol. The Bertz CT molecular complexity index is 1090. The molecule has 1 aromatic carbocycles. The van der Waals surface area contributed by atoms with Crippen molar-refractivity contribution in [1.82, 2.24) is 15.3 Å². The third kappa shape index (κ3) is 5.25. The van der Waals surface area contributed by atoms with Gasteiger partial charge in [0.25, 0.3) is 5.91 Å². The number of benzene rings is 1. The van der Waals surface area contributed by atoms with Crippen LogP contribution in [0.1, 0.15) is 60.6 Å². The van der Waals surface area contributed by atoms with Crippen molar-refractivity contribution in [3.05, 3.63) is 59.7 Å². The van der Waals surface area contributed by atoms with Gasteiger partial charge >= 0.3 is 5.97 Å². The van der Waals surface area contributed by atoms with Crippen LogP contribution >= 0.6 is 0 Å². The van der Waals surface area contributed by atoms with Crippen molar-refractivity contribution in [3.8, 4) is 0 Å². The maximum atomic E-state index is 13.7. The van der Waals surface area contributed by atoms with E-state index >= 15 is 0 Å². The Kier molecular flexibility index (Phi) is 6.68. The lowest BCUT2D eigenvalue weighted by Crippen LogP contribution is -2.26. The van der Waals surface area contributed by atoms with Crippen molar-refractivity contribution in [3.63, 3.8) is 0 Å². The molecular weight excluding hydrogens is 411 g/mol. The second-order valence-corrected chi connectivity index (χ2v) is 8.31. The molecule has 2 aromatic heterocycles. The topological polar surface area (TPSA) is 107 Å². The number of amides is 1. The van der Waals surface area contributed by atoms with Crippen molar-refractivity contribution in [2.75, 3.05) is 11.9 Å². The number of anilines is 1. The number of carboxylic acids is 1. The van der Waals surface area contributed by atoms with Crippen LogP contribution in [0.5, 0.6) is 0 Å². The maximum absolute atomic E-state index is 13.7. The van der Waals surface area contributed by atoms with Gasteiger partial charge in [0, 0.05) is 29.3 Å². The molecule has 1 fully saturated rings. The van der Waals surface area contributed by atoms with Crippen molar-refractivity contribution < 1.29 is 19.1 Å². The minimum atomic E-state index is -0.962. The average molecular weight is 439 g/mol. The SMILES string of the molecule is O=C(O)CCNC(=O)c1ccc(NC(c2cc3cc(F)ccc3[nH]2)C2CCCCC2)nc1. The van der Waals surface area contributed by atoms with Crippen LogP contribution in [-0.4, -0.2) is 33.5 Å². The Labute approximate surface area is 185 Å². The van der Waals surface area contributed by atoms with Gasteiger partial charge in [0.2, 0.25) is 0 Å². The van der Waals surface area contributed by atoms with Gasteiger partial charge in [-0.25, -0.2) is 9.37 Å². The fourth-order valence-corrected chi connectivity index (χ4v) is 4.37. The number of hydrogen-bond acceptors (Lipinski definition) is 4. The Morgan fingerprint density at radius 2 is 1.97 bits per heavy atom. The molecule has 168 valence electrons. The van der Waals surface area contributed by atoms with Crippen molar-refractivity contribution in [1.29, 1.82) is 0 Å². The van der Waals surface area contributed by atoms with E-state index in [9.17, 15) is 14.0 Å². The van der Waals surface area contributed by atoms with Gasteiger partial charge in [-0.2, -0.15) is 0 Å². The van der Waals surface area contributed by atoms with E-state index in [1.807, 2.05) is 6.07 Å². The number of H-pyrrole nitrogens is 1. The number of rotatable bonds is 8. The lowest BCUT2D eigenvalue weighted by Gasteiger charge is -2.31. The molecule has 3 aromatic rings. The van der Waals surface area contributed by atoms with Gasteiger partial charge in [0.05, 0.1) is 18.0 Å². The second kappa shape index (κ2) is 9.80. The summed E-state index contributed by atoms with van der Waals surface area (Å²) in [6, 6.07) is 10.1. The van der Waals surface area contributed by atoms with E-state index < -0.39 is 5.97 Å². The van der Waals surface area contributed by atoms with Crippen LogP contribution in [0.3, 0.4) is 0 Å². The molecule has 0 spiro atoms. The first kappa shape index (κ1) is 21.8. The number of fused-ring (bicyclic) bond motifs is 1. The molecule has 0 saturated heterocycles. The Morgan fingerprint density at radius 1 is 1.16 bits per heavy atom. The second-order valence-electron chi connectivity index (χ2n) is 8.31. The zero-order valence-electron chi connectivity index (χ0n) is 17.7. The number of nitrogens with one attached hydrogen (secondary N) is 3. The molecular formula is C24H27FN4O3.